The summed E-state index contributed by atoms with van der Waals surface area (Å²) < 4.78 is 6.70. The molecule has 0 atom stereocenters. The first-order chi connectivity index (χ1) is 25.3. The monoisotopic (exact) mass is 651 g/mol. The molecular formula is C47H29N3O. The normalized spacial score (nSPS) is 11.7. The molecule has 0 aliphatic carbocycles. The van der Waals surface area contributed by atoms with Crippen LogP contribution in [0, 0.1) is 0 Å². The Kier molecular flexibility index (Phi) is 6.78. The Bertz CT molecular complexity index is 2760. The minimum atomic E-state index is 0.634. The van der Waals surface area contributed by atoms with Crippen LogP contribution in [0.2, 0.25) is 0 Å². The van der Waals surface area contributed by atoms with E-state index in [1.54, 1.807) is 0 Å². The number of fused-ring (bicyclic) bond motifs is 3. The number of ether oxygens (including phenoxy) is 1. The molecular weight excluding hydrogens is 623 g/mol. The number of aromatic nitrogens is 3. The maximum Gasteiger partial charge on any atom is 0.164 e. The molecule has 0 unspecified atom stereocenters. The molecule has 0 spiro atoms. The quantitative estimate of drug-likeness (QED) is 0.186. The van der Waals surface area contributed by atoms with Crippen LogP contribution >= 0.6 is 0 Å². The van der Waals surface area contributed by atoms with E-state index in [1.807, 2.05) is 36.4 Å². The van der Waals surface area contributed by atoms with Gasteiger partial charge in [-0.1, -0.05) is 164 Å². The van der Waals surface area contributed by atoms with Crippen molar-refractivity contribution < 1.29 is 4.74 Å². The third kappa shape index (κ3) is 5.04. The van der Waals surface area contributed by atoms with Crippen molar-refractivity contribution in [1.29, 1.82) is 0 Å². The number of para-hydroxylation sites is 1. The van der Waals surface area contributed by atoms with Crippen LogP contribution in [0.15, 0.2) is 176 Å². The lowest BCUT2D eigenvalue weighted by atomic mass is 9.88. The van der Waals surface area contributed by atoms with Crippen LogP contribution in [-0.4, -0.2) is 15.0 Å². The fourth-order valence-electron chi connectivity index (χ4n) is 7.23. The van der Waals surface area contributed by atoms with Crippen molar-refractivity contribution in [3.8, 4) is 79.0 Å². The van der Waals surface area contributed by atoms with E-state index in [-0.39, 0.29) is 0 Å². The largest absolute Gasteiger partial charge is 0.455 e. The van der Waals surface area contributed by atoms with Crippen molar-refractivity contribution in [3.05, 3.63) is 176 Å². The smallest absolute Gasteiger partial charge is 0.164 e. The van der Waals surface area contributed by atoms with Gasteiger partial charge in [0.1, 0.15) is 11.5 Å². The minimum absolute atomic E-state index is 0.634. The van der Waals surface area contributed by atoms with Crippen LogP contribution in [0.3, 0.4) is 0 Å². The Balaban J connectivity index is 1.06. The molecule has 51 heavy (non-hydrogen) atoms. The summed E-state index contributed by atoms with van der Waals surface area (Å²) in [5, 5.41) is 4.61. The first-order valence-corrected chi connectivity index (χ1v) is 17.1. The molecule has 0 fully saturated rings. The van der Waals surface area contributed by atoms with Gasteiger partial charge in [0.25, 0.3) is 0 Å². The Hall–Kier alpha value is -6.91. The van der Waals surface area contributed by atoms with Gasteiger partial charge in [-0.25, -0.2) is 15.0 Å². The first-order valence-electron chi connectivity index (χ1n) is 17.1. The predicted octanol–water partition coefficient (Wildman–Crippen LogP) is 12.3. The number of hydrogen-bond donors (Lipinski definition) is 0. The molecule has 0 amide bonds. The number of hydrogen-bond acceptors (Lipinski definition) is 4. The summed E-state index contributed by atoms with van der Waals surface area (Å²) in [7, 11) is 0. The van der Waals surface area contributed by atoms with Gasteiger partial charge in [-0.3, -0.25) is 0 Å². The molecule has 238 valence electrons. The van der Waals surface area contributed by atoms with Gasteiger partial charge in [-0.2, -0.15) is 0 Å². The van der Waals surface area contributed by atoms with Crippen molar-refractivity contribution in [2.45, 2.75) is 0 Å². The van der Waals surface area contributed by atoms with E-state index in [4.69, 9.17) is 19.7 Å². The summed E-state index contributed by atoms with van der Waals surface area (Å²) in [5.74, 6) is 3.70. The van der Waals surface area contributed by atoms with Gasteiger partial charge in [-0.15, -0.1) is 0 Å². The molecule has 0 saturated carbocycles. The van der Waals surface area contributed by atoms with Gasteiger partial charge in [-0.05, 0) is 50.5 Å². The summed E-state index contributed by atoms with van der Waals surface area (Å²) in [6.45, 7) is 0. The summed E-state index contributed by atoms with van der Waals surface area (Å²) in [5.41, 5.74) is 9.59. The fourth-order valence-corrected chi connectivity index (χ4v) is 7.23. The second kappa shape index (κ2) is 11.9. The average molecular weight is 652 g/mol. The molecule has 4 nitrogen and oxygen atoms in total. The zero-order valence-electron chi connectivity index (χ0n) is 27.5. The summed E-state index contributed by atoms with van der Waals surface area (Å²) >= 11 is 0. The van der Waals surface area contributed by atoms with E-state index in [0.29, 0.717) is 17.5 Å². The van der Waals surface area contributed by atoms with Crippen molar-refractivity contribution in [1.82, 2.24) is 15.0 Å². The zero-order valence-corrected chi connectivity index (χ0v) is 27.5. The van der Waals surface area contributed by atoms with Gasteiger partial charge < -0.3 is 4.74 Å². The lowest BCUT2D eigenvalue weighted by Crippen LogP contribution is -2.00. The molecule has 1 aliphatic heterocycles. The maximum atomic E-state index is 6.70. The van der Waals surface area contributed by atoms with Crippen LogP contribution in [-0.2, 0) is 0 Å². The second-order valence-electron chi connectivity index (χ2n) is 12.8. The van der Waals surface area contributed by atoms with Crippen LogP contribution in [0.1, 0.15) is 0 Å². The summed E-state index contributed by atoms with van der Waals surface area (Å²) in [6, 6.07) is 61.0. The minimum Gasteiger partial charge on any atom is -0.455 e. The van der Waals surface area contributed by atoms with Gasteiger partial charge in [0.15, 0.2) is 17.5 Å². The Morgan fingerprint density at radius 1 is 0.333 bits per heavy atom. The third-order valence-electron chi connectivity index (χ3n) is 9.73. The SMILES string of the molecule is c1ccc(-c2nc(-c3ccc(-c4ccc5c6c(cccc46)-c4cccc(-c6ccccc6)c4O5)cc3)nc(-c3ccc4ccccc4c3)n2)cc1. The predicted molar refractivity (Wildman–Crippen MR) is 208 cm³/mol. The standard InChI is InChI=1S/C47H29N3O/c1-3-12-31(13-4-1)38-17-9-20-41-40-19-10-18-39-37(27-28-42(43(39)40)51-44(38)41)32-22-24-34(25-23-32)46-48-45(33-14-5-2-6-15-33)49-47(50-46)36-26-21-30-11-7-8-16-35(30)29-36/h1-29H. The van der Waals surface area contributed by atoms with E-state index >= 15 is 0 Å². The Morgan fingerprint density at radius 2 is 0.882 bits per heavy atom. The third-order valence-corrected chi connectivity index (χ3v) is 9.73. The fraction of sp³-hybridized carbons (Fsp3) is 0. The van der Waals surface area contributed by atoms with E-state index in [0.717, 1.165) is 72.2 Å². The number of rotatable bonds is 5. The lowest BCUT2D eigenvalue weighted by molar-refractivity contribution is 0.489. The molecule has 0 N–H and O–H groups in total. The summed E-state index contributed by atoms with van der Waals surface area (Å²) in [4.78, 5) is 14.9. The highest BCUT2D eigenvalue weighted by atomic mass is 16.5. The van der Waals surface area contributed by atoms with Gasteiger partial charge >= 0.3 is 0 Å². The molecule has 0 saturated heterocycles. The van der Waals surface area contributed by atoms with Crippen LogP contribution in [0.4, 0.5) is 0 Å². The van der Waals surface area contributed by atoms with Crippen LogP contribution in [0.5, 0.6) is 11.5 Å². The van der Waals surface area contributed by atoms with Crippen molar-refractivity contribution in [2.75, 3.05) is 0 Å². The van der Waals surface area contributed by atoms with Gasteiger partial charge in [0.05, 0.1) is 0 Å². The molecule has 2 heterocycles. The summed E-state index contributed by atoms with van der Waals surface area (Å²) in [6.07, 6.45) is 0. The topological polar surface area (TPSA) is 47.9 Å². The van der Waals surface area contributed by atoms with E-state index in [1.165, 1.54) is 10.9 Å². The molecule has 10 rings (SSSR count). The van der Waals surface area contributed by atoms with Crippen molar-refractivity contribution >= 4 is 21.5 Å². The maximum absolute atomic E-state index is 6.70. The lowest BCUT2D eigenvalue weighted by Gasteiger charge is -2.24. The molecule has 0 radical (unpaired) electrons. The Labute approximate surface area is 295 Å². The van der Waals surface area contributed by atoms with E-state index in [2.05, 4.69) is 140 Å². The molecule has 9 aromatic rings. The first kappa shape index (κ1) is 29.0. The zero-order chi connectivity index (χ0) is 33.7. The van der Waals surface area contributed by atoms with E-state index in [9.17, 15) is 0 Å². The molecule has 1 aliphatic rings. The average Bonchev–Trinajstić information content (AvgIpc) is 3.21. The highest BCUT2D eigenvalue weighted by Crippen LogP contribution is 2.51. The van der Waals surface area contributed by atoms with Crippen LogP contribution in [0.25, 0.3) is 89.1 Å². The number of nitrogens with zero attached hydrogens (tertiary/aromatic N) is 3. The molecule has 0 bridgehead atoms. The second-order valence-corrected chi connectivity index (χ2v) is 12.8. The molecule has 1 aromatic heterocycles. The van der Waals surface area contributed by atoms with Crippen molar-refractivity contribution in [2.24, 2.45) is 0 Å². The van der Waals surface area contributed by atoms with Crippen LogP contribution < -0.4 is 4.74 Å². The van der Waals surface area contributed by atoms with Gasteiger partial charge in [0.2, 0.25) is 0 Å². The van der Waals surface area contributed by atoms with Crippen molar-refractivity contribution in [3.63, 3.8) is 0 Å². The molecule has 4 heteroatoms. The Morgan fingerprint density at radius 3 is 1.65 bits per heavy atom. The van der Waals surface area contributed by atoms with Gasteiger partial charge in [0, 0.05) is 33.2 Å². The highest BCUT2D eigenvalue weighted by molar-refractivity contribution is 6.10. The van der Waals surface area contributed by atoms with E-state index < -0.39 is 0 Å². The molecule has 8 aromatic carbocycles. The highest BCUT2D eigenvalue weighted by Gasteiger charge is 2.24. The number of benzene rings is 8.